The molecule has 1 aliphatic rings. The van der Waals surface area contributed by atoms with Crippen LogP contribution in [0.2, 0.25) is 0 Å². The van der Waals surface area contributed by atoms with Gasteiger partial charge in [0.1, 0.15) is 0 Å². The van der Waals surface area contributed by atoms with Crippen molar-refractivity contribution >= 4 is 5.91 Å². The summed E-state index contributed by atoms with van der Waals surface area (Å²) in [6.45, 7) is 5.21. The SMILES string of the molecule is CCC1CCCCN1C(=O)Cc1ccccc1C. The number of rotatable bonds is 3. The number of likely N-dealkylation sites (tertiary alicyclic amines) is 1. The highest BCUT2D eigenvalue weighted by Gasteiger charge is 2.25. The monoisotopic (exact) mass is 245 g/mol. The van der Waals surface area contributed by atoms with E-state index in [4.69, 9.17) is 0 Å². The second-order valence-corrected chi connectivity index (χ2v) is 5.25. The summed E-state index contributed by atoms with van der Waals surface area (Å²) in [5.74, 6) is 0.302. The molecule has 1 atom stereocenters. The van der Waals surface area contributed by atoms with E-state index in [1.165, 1.54) is 24.0 Å². The van der Waals surface area contributed by atoms with E-state index in [1.54, 1.807) is 0 Å². The minimum absolute atomic E-state index is 0.302. The van der Waals surface area contributed by atoms with Crippen molar-refractivity contribution < 1.29 is 4.79 Å². The van der Waals surface area contributed by atoms with Crippen LogP contribution in [0.25, 0.3) is 0 Å². The predicted octanol–water partition coefficient (Wildman–Crippen LogP) is 3.33. The molecule has 1 aliphatic heterocycles. The molecule has 1 heterocycles. The van der Waals surface area contributed by atoms with Gasteiger partial charge in [-0.2, -0.15) is 0 Å². The lowest BCUT2D eigenvalue weighted by atomic mass is 9.98. The van der Waals surface area contributed by atoms with Crippen molar-refractivity contribution in [2.45, 2.75) is 52.0 Å². The number of carbonyl (C=O) groups is 1. The third-order valence-corrected chi connectivity index (χ3v) is 4.02. The van der Waals surface area contributed by atoms with E-state index in [0.717, 1.165) is 19.4 Å². The van der Waals surface area contributed by atoms with E-state index < -0.39 is 0 Å². The number of benzene rings is 1. The molecule has 98 valence electrons. The van der Waals surface area contributed by atoms with Crippen LogP contribution in [0.1, 0.15) is 43.7 Å². The van der Waals surface area contributed by atoms with Gasteiger partial charge in [0.15, 0.2) is 0 Å². The van der Waals surface area contributed by atoms with Crippen molar-refractivity contribution in [2.24, 2.45) is 0 Å². The number of aryl methyl sites for hydroxylation is 1. The van der Waals surface area contributed by atoms with Gasteiger partial charge in [-0.25, -0.2) is 0 Å². The van der Waals surface area contributed by atoms with Gasteiger partial charge < -0.3 is 4.90 Å². The fourth-order valence-electron chi connectivity index (χ4n) is 2.83. The summed E-state index contributed by atoms with van der Waals surface area (Å²) in [5, 5.41) is 0. The van der Waals surface area contributed by atoms with Crippen LogP contribution in [0.4, 0.5) is 0 Å². The quantitative estimate of drug-likeness (QED) is 0.800. The van der Waals surface area contributed by atoms with Crippen LogP contribution >= 0.6 is 0 Å². The summed E-state index contributed by atoms with van der Waals surface area (Å²) in [6, 6.07) is 8.66. The minimum Gasteiger partial charge on any atom is -0.339 e. The summed E-state index contributed by atoms with van der Waals surface area (Å²) < 4.78 is 0. The number of hydrogen-bond acceptors (Lipinski definition) is 1. The van der Waals surface area contributed by atoms with Gasteiger partial charge in [0.2, 0.25) is 5.91 Å². The molecule has 2 rings (SSSR count). The molecule has 0 spiro atoms. The largest absolute Gasteiger partial charge is 0.339 e. The standard InChI is InChI=1S/C16H23NO/c1-3-15-10-6-7-11-17(15)16(18)12-14-9-5-4-8-13(14)2/h4-5,8-9,15H,3,6-7,10-12H2,1-2H3. The third-order valence-electron chi connectivity index (χ3n) is 4.02. The first-order valence-corrected chi connectivity index (χ1v) is 7.06. The topological polar surface area (TPSA) is 20.3 Å². The van der Waals surface area contributed by atoms with Crippen molar-refractivity contribution in [3.05, 3.63) is 35.4 Å². The maximum Gasteiger partial charge on any atom is 0.227 e. The highest BCUT2D eigenvalue weighted by Crippen LogP contribution is 2.21. The van der Waals surface area contributed by atoms with E-state index in [-0.39, 0.29) is 0 Å². The summed E-state index contributed by atoms with van der Waals surface area (Å²) >= 11 is 0. The smallest absolute Gasteiger partial charge is 0.227 e. The second-order valence-electron chi connectivity index (χ2n) is 5.25. The van der Waals surface area contributed by atoms with Gasteiger partial charge in [-0.3, -0.25) is 4.79 Å². The molecule has 18 heavy (non-hydrogen) atoms. The highest BCUT2D eigenvalue weighted by atomic mass is 16.2. The van der Waals surface area contributed by atoms with Gasteiger partial charge in [0.05, 0.1) is 6.42 Å². The van der Waals surface area contributed by atoms with Crippen LogP contribution in [0, 0.1) is 6.92 Å². The Labute approximate surface area is 110 Å². The molecule has 2 heteroatoms. The molecule has 0 aliphatic carbocycles. The molecule has 2 nitrogen and oxygen atoms in total. The molecule has 1 fully saturated rings. The molecule has 1 amide bonds. The molecule has 1 aromatic carbocycles. The van der Waals surface area contributed by atoms with Crippen molar-refractivity contribution in [1.29, 1.82) is 0 Å². The van der Waals surface area contributed by atoms with Gasteiger partial charge in [-0.05, 0) is 43.7 Å². The van der Waals surface area contributed by atoms with Gasteiger partial charge in [0.25, 0.3) is 0 Å². The zero-order valence-corrected chi connectivity index (χ0v) is 11.5. The van der Waals surface area contributed by atoms with Crippen molar-refractivity contribution in [1.82, 2.24) is 4.90 Å². The summed E-state index contributed by atoms with van der Waals surface area (Å²) in [7, 11) is 0. The zero-order valence-electron chi connectivity index (χ0n) is 11.5. The summed E-state index contributed by atoms with van der Waals surface area (Å²) in [4.78, 5) is 14.5. The third kappa shape index (κ3) is 2.92. The molecule has 0 saturated carbocycles. The van der Waals surface area contributed by atoms with E-state index in [1.807, 2.05) is 12.1 Å². The molecule has 0 N–H and O–H groups in total. The van der Waals surface area contributed by atoms with Crippen LogP contribution in [-0.2, 0) is 11.2 Å². The number of piperidine rings is 1. The normalized spacial score (nSPS) is 19.9. The Morgan fingerprint density at radius 2 is 2.11 bits per heavy atom. The molecule has 0 aromatic heterocycles. The van der Waals surface area contributed by atoms with Crippen LogP contribution in [0.15, 0.2) is 24.3 Å². The molecule has 1 unspecified atom stereocenters. The van der Waals surface area contributed by atoms with E-state index in [9.17, 15) is 4.79 Å². The Kier molecular flexibility index (Phi) is 4.40. The molecule has 0 bridgehead atoms. The average molecular weight is 245 g/mol. The maximum atomic E-state index is 12.4. The highest BCUT2D eigenvalue weighted by molar-refractivity contribution is 5.79. The lowest BCUT2D eigenvalue weighted by Crippen LogP contribution is -2.44. The lowest BCUT2D eigenvalue weighted by Gasteiger charge is -2.35. The Morgan fingerprint density at radius 3 is 2.83 bits per heavy atom. The molecule has 1 saturated heterocycles. The van der Waals surface area contributed by atoms with Crippen LogP contribution in [0.5, 0.6) is 0 Å². The van der Waals surface area contributed by atoms with E-state index in [0.29, 0.717) is 18.4 Å². The lowest BCUT2D eigenvalue weighted by molar-refractivity contribution is -0.134. The summed E-state index contributed by atoms with van der Waals surface area (Å²) in [6.07, 6.45) is 5.25. The second kappa shape index (κ2) is 6.03. The molecule has 1 aromatic rings. The Bertz CT molecular complexity index is 413. The fourth-order valence-corrected chi connectivity index (χ4v) is 2.83. The number of carbonyl (C=O) groups excluding carboxylic acids is 1. The van der Waals surface area contributed by atoms with Crippen molar-refractivity contribution in [2.75, 3.05) is 6.54 Å². The number of hydrogen-bond donors (Lipinski definition) is 0. The Morgan fingerprint density at radius 1 is 1.33 bits per heavy atom. The average Bonchev–Trinajstić information content (AvgIpc) is 2.41. The van der Waals surface area contributed by atoms with Gasteiger partial charge >= 0.3 is 0 Å². The van der Waals surface area contributed by atoms with E-state index in [2.05, 4.69) is 30.9 Å². The zero-order chi connectivity index (χ0) is 13.0. The van der Waals surface area contributed by atoms with Crippen molar-refractivity contribution in [3.63, 3.8) is 0 Å². The van der Waals surface area contributed by atoms with Crippen LogP contribution in [0.3, 0.4) is 0 Å². The predicted molar refractivity (Wildman–Crippen MR) is 74.5 cm³/mol. The van der Waals surface area contributed by atoms with Crippen LogP contribution in [-0.4, -0.2) is 23.4 Å². The number of amides is 1. The molecular weight excluding hydrogens is 222 g/mol. The minimum atomic E-state index is 0.302. The molecular formula is C16H23NO. The maximum absolute atomic E-state index is 12.4. The van der Waals surface area contributed by atoms with Crippen molar-refractivity contribution in [3.8, 4) is 0 Å². The molecule has 0 radical (unpaired) electrons. The van der Waals surface area contributed by atoms with Gasteiger partial charge in [-0.1, -0.05) is 31.2 Å². The number of nitrogens with zero attached hydrogens (tertiary/aromatic N) is 1. The first-order valence-electron chi connectivity index (χ1n) is 7.06. The van der Waals surface area contributed by atoms with Crippen LogP contribution < -0.4 is 0 Å². The van der Waals surface area contributed by atoms with E-state index >= 15 is 0 Å². The fraction of sp³-hybridized carbons (Fsp3) is 0.562. The van der Waals surface area contributed by atoms with Gasteiger partial charge in [-0.15, -0.1) is 0 Å². The Balaban J connectivity index is 2.05. The van der Waals surface area contributed by atoms with Gasteiger partial charge in [0, 0.05) is 12.6 Å². The summed E-state index contributed by atoms with van der Waals surface area (Å²) in [5.41, 5.74) is 2.39. The first kappa shape index (κ1) is 13.1. The first-order chi connectivity index (χ1) is 8.72. The Hall–Kier alpha value is -1.31.